The van der Waals surface area contributed by atoms with Gasteiger partial charge in [-0.3, -0.25) is 4.79 Å². The zero-order valence-electron chi connectivity index (χ0n) is 12.7. The summed E-state index contributed by atoms with van der Waals surface area (Å²) < 4.78 is 10.9. The Hall–Kier alpha value is -2.29. The highest BCUT2D eigenvalue weighted by atomic mass is 16.5. The summed E-state index contributed by atoms with van der Waals surface area (Å²) >= 11 is 0. The van der Waals surface area contributed by atoms with Crippen molar-refractivity contribution in [1.82, 2.24) is 0 Å². The molecule has 0 saturated carbocycles. The lowest BCUT2D eigenvalue weighted by molar-refractivity contribution is 0.101. The standard InChI is InChI=1S/C18H20O3/c1-13-4-9-17(14(2)19)18(12-13)21-11-10-15-5-7-16(20-3)8-6-15/h4-9,12H,10-11H2,1-3H3. The monoisotopic (exact) mass is 284 g/mol. The number of ketones is 1. The third-order valence-corrected chi connectivity index (χ3v) is 3.32. The molecule has 0 bridgehead atoms. The maximum atomic E-state index is 11.6. The van der Waals surface area contributed by atoms with E-state index >= 15 is 0 Å². The summed E-state index contributed by atoms with van der Waals surface area (Å²) in [6.45, 7) is 4.08. The third-order valence-electron chi connectivity index (χ3n) is 3.32. The van der Waals surface area contributed by atoms with Gasteiger partial charge in [0.2, 0.25) is 0 Å². The van der Waals surface area contributed by atoms with Crippen molar-refractivity contribution >= 4 is 5.78 Å². The van der Waals surface area contributed by atoms with Crippen LogP contribution >= 0.6 is 0 Å². The van der Waals surface area contributed by atoms with Crippen molar-refractivity contribution in [2.45, 2.75) is 20.3 Å². The molecule has 0 N–H and O–H groups in total. The lowest BCUT2D eigenvalue weighted by atomic mass is 10.1. The molecule has 21 heavy (non-hydrogen) atoms. The molecule has 0 aromatic heterocycles. The number of hydrogen-bond donors (Lipinski definition) is 0. The number of carbonyl (C=O) groups excluding carboxylic acids is 1. The first kappa shape index (κ1) is 15.1. The largest absolute Gasteiger partial charge is 0.497 e. The van der Waals surface area contributed by atoms with Crippen molar-refractivity contribution in [2.75, 3.05) is 13.7 Å². The maximum absolute atomic E-state index is 11.6. The van der Waals surface area contributed by atoms with Gasteiger partial charge in [-0.05, 0) is 49.2 Å². The molecular formula is C18H20O3. The number of benzene rings is 2. The summed E-state index contributed by atoms with van der Waals surface area (Å²) in [6, 6.07) is 13.6. The number of hydrogen-bond acceptors (Lipinski definition) is 3. The van der Waals surface area contributed by atoms with E-state index in [0.29, 0.717) is 17.9 Å². The van der Waals surface area contributed by atoms with Gasteiger partial charge in [-0.25, -0.2) is 0 Å². The molecule has 0 radical (unpaired) electrons. The van der Waals surface area contributed by atoms with Crippen molar-refractivity contribution in [3.05, 3.63) is 59.2 Å². The van der Waals surface area contributed by atoms with Gasteiger partial charge in [-0.1, -0.05) is 18.2 Å². The van der Waals surface area contributed by atoms with E-state index in [1.54, 1.807) is 14.0 Å². The Labute approximate surface area is 125 Å². The van der Waals surface area contributed by atoms with Gasteiger partial charge in [-0.15, -0.1) is 0 Å². The average Bonchev–Trinajstić information content (AvgIpc) is 2.48. The molecule has 0 heterocycles. The molecule has 2 aromatic rings. The van der Waals surface area contributed by atoms with Crippen LogP contribution in [0.3, 0.4) is 0 Å². The van der Waals surface area contributed by atoms with Gasteiger partial charge in [0.15, 0.2) is 5.78 Å². The molecular weight excluding hydrogens is 264 g/mol. The lowest BCUT2D eigenvalue weighted by Crippen LogP contribution is -2.05. The number of rotatable bonds is 6. The Kier molecular flexibility index (Phi) is 4.99. The summed E-state index contributed by atoms with van der Waals surface area (Å²) in [5.74, 6) is 1.53. The van der Waals surface area contributed by atoms with Crippen LogP contribution in [0, 0.1) is 6.92 Å². The second-order valence-electron chi connectivity index (χ2n) is 5.00. The molecule has 3 nitrogen and oxygen atoms in total. The molecule has 0 atom stereocenters. The van der Waals surface area contributed by atoms with Gasteiger partial charge >= 0.3 is 0 Å². The first-order valence-electron chi connectivity index (χ1n) is 6.97. The average molecular weight is 284 g/mol. The Bertz CT molecular complexity index is 615. The van der Waals surface area contributed by atoms with Crippen LogP contribution in [0.25, 0.3) is 0 Å². The van der Waals surface area contributed by atoms with Gasteiger partial charge in [0.05, 0.1) is 19.3 Å². The summed E-state index contributed by atoms with van der Waals surface area (Å²) in [6.07, 6.45) is 0.787. The minimum Gasteiger partial charge on any atom is -0.497 e. The molecule has 0 spiro atoms. The fourth-order valence-electron chi connectivity index (χ4n) is 2.11. The van der Waals surface area contributed by atoms with Gasteiger partial charge in [0, 0.05) is 6.42 Å². The molecule has 0 amide bonds. The van der Waals surface area contributed by atoms with Crippen LogP contribution in [0.5, 0.6) is 11.5 Å². The minimum absolute atomic E-state index is 0.0226. The SMILES string of the molecule is COc1ccc(CCOc2cc(C)ccc2C(C)=O)cc1. The van der Waals surface area contributed by atoms with E-state index in [1.807, 2.05) is 49.4 Å². The predicted molar refractivity (Wildman–Crippen MR) is 83.4 cm³/mol. The number of aryl methyl sites for hydroxylation is 1. The van der Waals surface area contributed by atoms with Crippen molar-refractivity contribution in [1.29, 1.82) is 0 Å². The quantitative estimate of drug-likeness (QED) is 0.756. The molecule has 0 fully saturated rings. The van der Waals surface area contributed by atoms with Crippen LogP contribution in [0.15, 0.2) is 42.5 Å². The number of methoxy groups -OCH3 is 1. The zero-order valence-corrected chi connectivity index (χ0v) is 12.7. The summed E-state index contributed by atoms with van der Waals surface area (Å²) in [7, 11) is 1.65. The van der Waals surface area contributed by atoms with E-state index in [1.165, 1.54) is 5.56 Å². The minimum atomic E-state index is 0.0226. The first-order chi connectivity index (χ1) is 10.1. The summed E-state index contributed by atoms with van der Waals surface area (Å²) in [4.78, 5) is 11.6. The maximum Gasteiger partial charge on any atom is 0.163 e. The van der Waals surface area contributed by atoms with E-state index in [0.717, 1.165) is 17.7 Å². The molecule has 0 saturated heterocycles. The van der Waals surface area contributed by atoms with Crippen LogP contribution in [-0.4, -0.2) is 19.5 Å². The fraction of sp³-hybridized carbons (Fsp3) is 0.278. The van der Waals surface area contributed by atoms with E-state index < -0.39 is 0 Å². The highest BCUT2D eigenvalue weighted by Gasteiger charge is 2.08. The molecule has 110 valence electrons. The highest BCUT2D eigenvalue weighted by molar-refractivity contribution is 5.96. The normalized spacial score (nSPS) is 10.2. The van der Waals surface area contributed by atoms with Gasteiger partial charge in [0.25, 0.3) is 0 Å². The molecule has 3 heteroatoms. The van der Waals surface area contributed by atoms with Crippen molar-refractivity contribution in [3.63, 3.8) is 0 Å². The van der Waals surface area contributed by atoms with Crippen LogP contribution in [0.4, 0.5) is 0 Å². The van der Waals surface area contributed by atoms with E-state index in [9.17, 15) is 4.79 Å². The second kappa shape index (κ2) is 6.93. The van der Waals surface area contributed by atoms with Crippen molar-refractivity contribution in [3.8, 4) is 11.5 Å². The van der Waals surface area contributed by atoms with Crippen LogP contribution in [0.2, 0.25) is 0 Å². The first-order valence-corrected chi connectivity index (χ1v) is 6.97. The van der Waals surface area contributed by atoms with Crippen LogP contribution in [-0.2, 0) is 6.42 Å². The Morgan fingerprint density at radius 1 is 1.10 bits per heavy atom. The fourth-order valence-corrected chi connectivity index (χ4v) is 2.11. The Morgan fingerprint density at radius 3 is 2.43 bits per heavy atom. The molecule has 0 aliphatic rings. The van der Waals surface area contributed by atoms with Crippen molar-refractivity contribution in [2.24, 2.45) is 0 Å². The number of Topliss-reactive ketones (excluding diaryl/α,β-unsaturated/α-hetero) is 1. The van der Waals surface area contributed by atoms with E-state index in [-0.39, 0.29) is 5.78 Å². The second-order valence-corrected chi connectivity index (χ2v) is 5.00. The Morgan fingerprint density at radius 2 is 1.81 bits per heavy atom. The Balaban J connectivity index is 1.99. The molecule has 2 aromatic carbocycles. The number of ether oxygens (including phenoxy) is 2. The summed E-state index contributed by atoms with van der Waals surface area (Å²) in [5.41, 5.74) is 2.89. The highest BCUT2D eigenvalue weighted by Crippen LogP contribution is 2.21. The third kappa shape index (κ3) is 4.09. The molecule has 0 aliphatic heterocycles. The molecule has 0 aliphatic carbocycles. The van der Waals surface area contributed by atoms with E-state index in [2.05, 4.69) is 0 Å². The predicted octanol–water partition coefficient (Wildman–Crippen LogP) is 3.83. The van der Waals surface area contributed by atoms with E-state index in [4.69, 9.17) is 9.47 Å². The van der Waals surface area contributed by atoms with Crippen molar-refractivity contribution < 1.29 is 14.3 Å². The number of carbonyl (C=O) groups is 1. The van der Waals surface area contributed by atoms with Gasteiger partial charge in [-0.2, -0.15) is 0 Å². The molecule has 2 rings (SSSR count). The lowest BCUT2D eigenvalue weighted by Gasteiger charge is -2.11. The summed E-state index contributed by atoms with van der Waals surface area (Å²) in [5, 5.41) is 0. The van der Waals surface area contributed by atoms with Gasteiger partial charge < -0.3 is 9.47 Å². The molecule has 0 unspecified atom stereocenters. The van der Waals surface area contributed by atoms with Crippen LogP contribution < -0.4 is 9.47 Å². The smallest absolute Gasteiger partial charge is 0.163 e. The van der Waals surface area contributed by atoms with Crippen LogP contribution in [0.1, 0.15) is 28.4 Å². The van der Waals surface area contributed by atoms with Gasteiger partial charge in [0.1, 0.15) is 11.5 Å². The topological polar surface area (TPSA) is 35.5 Å². The zero-order chi connectivity index (χ0) is 15.2.